The molecule has 0 heterocycles. The molecule has 0 bridgehead atoms. The highest BCUT2D eigenvalue weighted by atomic mass is 35.5. The lowest BCUT2D eigenvalue weighted by Crippen LogP contribution is -2.41. The van der Waals surface area contributed by atoms with Crippen LogP contribution in [0.3, 0.4) is 0 Å². The zero-order chi connectivity index (χ0) is 20.6. The van der Waals surface area contributed by atoms with Gasteiger partial charge in [0.25, 0.3) is 0 Å². The second-order valence-corrected chi connectivity index (χ2v) is 8.31. The number of rotatable bonds is 10. The normalized spacial score (nSPS) is 11.2. The molecule has 2 rings (SSSR count). The zero-order valence-corrected chi connectivity index (χ0v) is 17.2. The van der Waals surface area contributed by atoms with Crippen LogP contribution in [0, 0.1) is 0 Å². The molecule has 0 saturated heterocycles. The van der Waals surface area contributed by atoms with E-state index in [1.807, 2.05) is 30.3 Å². The van der Waals surface area contributed by atoms with Crippen LogP contribution in [0.15, 0.2) is 66.1 Å². The van der Waals surface area contributed by atoms with E-state index in [0.717, 1.165) is 9.87 Å². The number of nitrogens with zero attached hydrogens (tertiary/aromatic N) is 1. The monoisotopic (exact) mass is 422 g/mol. The molecular formula is C20H23ClN2O4S. The van der Waals surface area contributed by atoms with Crippen LogP contribution in [0.5, 0.6) is 5.75 Å². The van der Waals surface area contributed by atoms with E-state index >= 15 is 0 Å². The minimum Gasteiger partial charge on any atom is -0.495 e. The van der Waals surface area contributed by atoms with E-state index in [1.165, 1.54) is 31.4 Å². The third-order valence-corrected chi connectivity index (χ3v) is 6.15. The maximum atomic E-state index is 13.1. The van der Waals surface area contributed by atoms with E-state index in [0.29, 0.717) is 12.2 Å². The predicted molar refractivity (Wildman–Crippen MR) is 110 cm³/mol. The number of hydrogen-bond acceptors (Lipinski definition) is 4. The molecule has 0 aliphatic heterocycles. The van der Waals surface area contributed by atoms with Gasteiger partial charge < -0.3 is 10.1 Å². The van der Waals surface area contributed by atoms with Crippen molar-refractivity contribution in [3.05, 3.63) is 71.8 Å². The Kier molecular flexibility index (Phi) is 8.04. The van der Waals surface area contributed by atoms with Crippen LogP contribution in [0.2, 0.25) is 5.02 Å². The minimum absolute atomic E-state index is 0.00267. The Labute approximate surface area is 170 Å². The molecule has 0 radical (unpaired) electrons. The molecule has 2 aromatic carbocycles. The fraction of sp³-hybridized carbons (Fsp3) is 0.250. The fourth-order valence-corrected chi connectivity index (χ4v) is 4.29. The van der Waals surface area contributed by atoms with E-state index in [9.17, 15) is 13.2 Å². The van der Waals surface area contributed by atoms with Gasteiger partial charge in [0, 0.05) is 13.1 Å². The van der Waals surface area contributed by atoms with Crippen molar-refractivity contribution in [3.8, 4) is 5.75 Å². The van der Waals surface area contributed by atoms with E-state index in [4.69, 9.17) is 16.3 Å². The fourth-order valence-electron chi connectivity index (χ4n) is 2.54. The van der Waals surface area contributed by atoms with E-state index in [-0.39, 0.29) is 29.6 Å². The molecule has 1 N–H and O–H groups in total. The summed E-state index contributed by atoms with van der Waals surface area (Å²) in [5.74, 6) is -0.0312. The molecule has 150 valence electrons. The van der Waals surface area contributed by atoms with Crippen molar-refractivity contribution in [2.75, 3.05) is 26.7 Å². The number of methoxy groups -OCH3 is 1. The summed E-state index contributed by atoms with van der Waals surface area (Å²) in [6.07, 6.45) is 2.00. The van der Waals surface area contributed by atoms with Crippen molar-refractivity contribution in [1.82, 2.24) is 9.62 Å². The van der Waals surface area contributed by atoms with Crippen LogP contribution in [-0.4, -0.2) is 45.4 Å². The Morgan fingerprint density at radius 1 is 1.25 bits per heavy atom. The minimum atomic E-state index is -3.93. The first-order valence-corrected chi connectivity index (χ1v) is 10.5. The predicted octanol–water partition coefficient (Wildman–Crippen LogP) is 2.88. The molecule has 0 aliphatic rings. The van der Waals surface area contributed by atoms with Gasteiger partial charge in [-0.2, -0.15) is 4.31 Å². The molecule has 0 aliphatic carbocycles. The topological polar surface area (TPSA) is 75.7 Å². The molecule has 2 aromatic rings. The molecule has 8 heteroatoms. The van der Waals surface area contributed by atoms with Crippen molar-refractivity contribution in [1.29, 1.82) is 0 Å². The first kappa shape index (κ1) is 21.9. The first-order valence-electron chi connectivity index (χ1n) is 8.63. The lowest BCUT2D eigenvalue weighted by Gasteiger charge is -2.22. The second kappa shape index (κ2) is 10.3. The lowest BCUT2D eigenvalue weighted by atomic mass is 10.1. The molecule has 0 fully saturated rings. The highest BCUT2D eigenvalue weighted by Crippen LogP contribution is 2.28. The maximum Gasteiger partial charge on any atom is 0.243 e. The summed E-state index contributed by atoms with van der Waals surface area (Å²) in [5.41, 5.74) is 0.974. The van der Waals surface area contributed by atoms with Crippen molar-refractivity contribution in [3.63, 3.8) is 0 Å². The van der Waals surface area contributed by atoms with Gasteiger partial charge in [0.05, 0.1) is 23.6 Å². The summed E-state index contributed by atoms with van der Waals surface area (Å²) < 4.78 is 32.5. The molecular weight excluding hydrogens is 400 g/mol. The Bertz CT molecular complexity index is 917. The average Bonchev–Trinajstić information content (AvgIpc) is 2.70. The average molecular weight is 423 g/mol. The van der Waals surface area contributed by atoms with Gasteiger partial charge in [-0.1, -0.05) is 48.0 Å². The van der Waals surface area contributed by atoms with E-state index < -0.39 is 15.9 Å². The van der Waals surface area contributed by atoms with Crippen LogP contribution in [0.1, 0.15) is 5.56 Å². The Balaban J connectivity index is 2.28. The van der Waals surface area contributed by atoms with Crippen molar-refractivity contribution < 1.29 is 17.9 Å². The summed E-state index contributed by atoms with van der Waals surface area (Å²) in [6.45, 7) is 3.65. The molecule has 0 saturated carbocycles. The van der Waals surface area contributed by atoms with E-state index in [2.05, 4.69) is 11.9 Å². The summed E-state index contributed by atoms with van der Waals surface area (Å²) in [6, 6.07) is 13.7. The van der Waals surface area contributed by atoms with Gasteiger partial charge in [0.2, 0.25) is 15.9 Å². The smallest absolute Gasteiger partial charge is 0.243 e. The Morgan fingerprint density at radius 3 is 2.57 bits per heavy atom. The van der Waals surface area contributed by atoms with Crippen LogP contribution in [0.25, 0.3) is 0 Å². The van der Waals surface area contributed by atoms with Crippen LogP contribution in [0.4, 0.5) is 0 Å². The number of amides is 1. The van der Waals surface area contributed by atoms with Gasteiger partial charge in [-0.25, -0.2) is 8.42 Å². The van der Waals surface area contributed by atoms with Gasteiger partial charge in [0.15, 0.2) is 0 Å². The lowest BCUT2D eigenvalue weighted by molar-refractivity contribution is -0.121. The van der Waals surface area contributed by atoms with Gasteiger partial charge in [0.1, 0.15) is 5.75 Å². The zero-order valence-electron chi connectivity index (χ0n) is 15.6. The van der Waals surface area contributed by atoms with E-state index in [1.54, 1.807) is 0 Å². The van der Waals surface area contributed by atoms with Crippen molar-refractivity contribution in [2.45, 2.75) is 11.3 Å². The standard InChI is InChI=1S/C20H23ClN2O4S/c1-3-12-22-20(24)15-23(13-11-16-7-5-4-6-8-16)28(25,26)17-9-10-19(27-2)18(21)14-17/h3-10,14H,1,11-13,15H2,2H3,(H,22,24). The first-order chi connectivity index (χ1) is 13.4. The Hall–Kier alpha value is -2.35. The number of nitrogens with one attached hydrogen (secondary N) is 1. The number of hydrogen-bond donors (Lipinski definition) is 1. The maximum absolute atomic E-state index is 13.1. The van der Waals surface area contributed by atoms with Gasteiger partial charge >= 0.3 is 0 Å². The number of ether oxygens (including phenoxy) is 1. The molecule has 28 heavy (non-hydrogen) atoms. The van der Waals surface area contributed by atoms with Crippen molar-refractivity contribution in [2.24, 2.45) is 0 Å². The van der Waals surface area contributed by atoms with Gasteiger partial charge in [-0.3, -0.25) is 4.79 Å². The van der Waals surface area contributed by atoms with Crippen LogP contribution >= 0.6 is 11.6 Å². The summed E-state index contributed by atoms with van der Waals surface area (Å²) in [4.78, 5) is 12.2. The summed E-state index contributed by atoms with van der Waals surface area (Å²) in [7, 11) is -2.48. The quantitative estimate of drug-likeness (QED) is 0.597. The molecule has 0 aromatic heterocycles. The molecule has 0 spiro atoms. The number of halogens is 1. The largest absolute Gasteiger partial charge is 0.495 e. The molecule has 1 amide bonds. The molecule has 6 nitrogen and oxygen atoms in total. The highest BCUT2D eigenvalue weighted by molar-refractivity contribution is 7.89. The number of benzene rings is 2. The molecule has 0 unspecified atom stereocenters. The van der Waals surface area contributed by atoms with Crippen molar-refractivity contribution >= 4 is 27.5 Å². The Morgan fingerprint density at radius 2 is 1.96 bits per heavy atom. The van der Waals surface area contributed by atoms with Gasteiger partial charge in [-0.05, 0) is 30.2 Å². The van der Waals surface area contributed by atoms with Gasteiger partial charge in [-0.15, -0.1) is 6.58 Å². The van der Waals surface area contributed by atoms with Crippen LogP contribution in [-0.2, 0) is 21.2 Å². The number of carbonyl (C=O) groups excluding carboxylic acids is 1. The highest BCUT2D eigenvalue weighted by Gasteiger charge is 2.27. The third kappa shape index (κ3) is 5.82. The van der Waals surface area contributed by atoms with Crippen LogP contribution < -0.4 is 10.1 Å². The molecule has 0 atom stereocenters. The second-order valence-electron chi connectivity index (χ2n) is 5.96. The third-order valence-electron chi connectivity index (χ3n) is 4.02. The number of carbonyl (C=O) groups is 1. The summed E-state index contributed by atoms with van der Waals surface area (Å²) in [5, 5.41) is 2.79. The number of sulfonamides is 1. The summed E-state index contributed by atoms with van der Waals surface area (Å²) >= 11 is 6.09. The SMILES string of the molecule is C=CCNC(=O)CN(CCc1ccccc1)S(=O)(=O)c1ccc(OC)c(Cl)c1.